The third-order valence-electron chi connectivity index (χ3n) is 1.68. The average molecular weight is 152 g/mol. The summed E-state index contributed by atoms with van der Waals surface area (Å²) in [6.07, 6.45) is 3.31. The highest BCUT2D eigenvalue weighted by atomic mass is 16.5. The molecule has 0 atom stereocenters. The number of aromatic nitrogens is 2. The quantitative estimate of drug-likeness (QED) is 0.598. The molecule has 0 amide bonds. The van der Waals surface area contributed by atoms with Crippen LogP contribution in [0.2, 0.25) is 0 Å². The lowest BCUT2D eigenvalue weighted by Crippen LogP contribution is -1.86. The summed E-state index contributed by atoms with van der Waals surface area (Å²) in [6.45, 7) is 0. The van der Waals surface area contributed by atoms with E-state index in [1.807, 2.05) is 0 Å². The van der Waals surface area contributed by atoms with Crippen LogP contribution >= 0.6 is 0 Å². The van der Waals surface area contributed by atoms with E-state index in [0.29, 0.717) is 11.8 Å². The molecule has 2 rings (SSSR count). The molecule has 58 valence electrons. The normalized spacial score (nSPS) is 16.7. The Morgan fingerprint density at radius 1 is 1.64 bits per heavy atom. The van der Waals surface area contributed by atoms with Crippen molar-refractivity contribution in [2.75, 3.05) is 0 Å². The van der Waals surface area contributed by atoms with Gasteiger partial charge in [-0.25, -0.2) is 0 Å². The van der Waals surface area contributed by atoms with Crippen LogP contribution in [0.1, 0.15) is 30.5 Å². The van der Waals surface area contributed by atoms with Crippen molar-refractivity contribution in [3.05, 3.63) is 11.7 Å². The van der Waals surface area contributed by atoms with Gasteiger partial charge >= 0.3 is 0 Å². The first-order valence-electron chi connectivity index (χ1n) is 3.66. The Balaban J connectivity index is 2.11. The van der Waals surface area contributed by atoms with Gasteiger partial charge < -0.3 is 9.32 Å². The number of nitrogens with zero attached hydrogens (tertiary/aromatic N) is 2. The second kappa shape index (κ2) is 2.45. The third-order valence-corrected chi connectivity index (χ3v) is 1.68. The second-order valence-corrected chi connectivity index (χ2v) is 2.69. The van der Waals surface area contributed by atoms with Gasteiger partial charge in [0.1, 0.15) is 6.29 Å². The monoisotopic (exact) mass is 152 g/mol. The zero-order valence-corrected chi connectivity index (χ0v) is 5.99. The van der Waals surface area contributed by atoms with Crippen LogP contribution in [0.15, 0.2) is 4.52 Å². The van der Waals surface area contributed by atoms with Crippen LogP contribution in [-0.4, -0.2) is 16.4 Å². The Bertz CT molecular complexity index is 265. The first-order valence-corrected chi connectivity index (χ1v) is 3.66. The van der Waals surface area contributed by atoms with Gasteiger partial charge in [0.25, 0.3) is 0 Å². The summed E-state index contributed by atoms with van der Waals surface area (Å²) < 4.78 is 4.81. The summed E-state index contributed by atoms with van der Waals surface area (Å²) in [7, 11) is 0. The molecule has 1 fully saturated rings. The molecule has 0 N–H and O–H groups in total. The predicted octanol–water partition coefficient (Wildman–Crippen LogP) is 0.688. The topological polar surface area (TPSA) is 56.0 Å². The molecule has 1 aliphatic rings. The zero-order valence-electron chi connectivity index (χ0n) is 5.99. The Labute approximate surface area is 63.6 Å². The smallest absolute Gasteiger partial charge is 0.233 e. The molecule has 11 heavy (non-hydrogen) atoms. The van der Waals surface area contributed by atoms with E-state index >= 15 is 0 Å². The number of aldehydes is 1. The van der Waals surface area contributed by atoms with E-state index in [9.17, 15) is 4.79 Å². The predicted molar refractivity (Wildman–Crippen MR) is 36.0 cm³/mol. The standard InChI is InChI=1S/C7H8N2O2/c10-4-3-6-8-7(9-11-6)5-1-2-5/h4-5H,1-3H2. The van der Waals surface area contributed by atoms with Crippen LogP contribution in [0.4, 0.5) is 0 Å². The van der Waals surface area contributed by atoms with Crippen LogP contribution in [-0.2, 0) is 11.2 Å². The van der Waals surface area contributed by atoms with E-state index in [2.05, 4.69) is 10.1 Å². The summed E-state index contributed by atoms with van der Waals surface area (Å²) in [5, 5.41) is 3.75. The molecule has 0 aromatic carbocycles. The van der Waals surface area contributed by atoms with Crippen molar-refractivity contribution >= 4 is 6.29 Å². The van der Waals surface area contributed by atoms with E-state index in [0.717, 1.165) is 25.0 Å². The van der Waals surface area contributed by atoms with Crippen molar-refractivity contribution in [3.63, 3.8) is 0 Å². The molecule has 1 aliphatic carbocycles. The lowest BCUT2D eigenvalue weighted by Gasteiger charge is -1.79. The van der Waals surface area contributed by atoms with E-state index < -0.39 is 0 Å². The molecule has 0 saturated heterocycles. The van der Waals surface area contributed by atoms with E-state index in [1.54, 1.807) is 0 Å². The molecule has 4 nitrogen and oxygen atoms in total. The van der Waals surface area contributed by atoms with E-state index in [-0.39, 0.29) is 6.42 Å². The van der Waals surface area contributed by atoms with Gasteiger partial charge in [-0.2, -0.15) is 4.98 Å². The van der Waals surface area contributed by atoms with Crippen molar-refractivity contribution in [1.82, 2.24) is 10.1 Å². The fourth-order valence-electron chi connectivity index (χ4n) is 0.930. The van der Waals surface area contributed by atoms with Gasteiger partial charge in [0.15, 0.2) is 5.82 Å². The van der Waals surface area contributed by atoms with E-state index in [4.69, 9.17) is 4.52 Å². The molecule has 4 heteroatoms. The van der Waals surface area contributed by atoms with Crippen LogP contribution < -0.4 is 0 Å². The molecule has 0 radical (unpaired) electrons. The van der Waals surface area contributed by atoms with Crippen LogP contribution in [0.5, 0.6) is 0 Å². The van der Waals surface area contributed by atoms with Gasteiger partial charge in [0.05, 0.1) is 6.42 Å². The summed E-state index contributed by atoms with van der Waals surface area (Å²) in [5.41, 5.74) is 0. The van der Waals surface area contributed by atoms with Gasteiger partial charge in [0.2, 0.25) is 5.89 Å². The van der Waals surface area contributed by atoms with Gasteiger partial charge in [-0.15, -0.1) is 0 Å². The Morgan fingerprint density at radius 2 is 2.45 bits per heavy atom. The molecule has 1 aromatic rings. The maximum Gasteiger partial charge on any atom is 0.233 e. The van der Waals surface area contributed by atoms with Gasteiger partial charge in [0, 0.05) is 5.92 Å². The first-order chi connectivity index (χ1) is 5.40. The number of hydrogen-bond acceptors (Lipinski definition) is 4. The van der Waals surface area contributed by atoms with Crippen molar-refractivity contribution < 1.29 is 9.32 Å². The Morgan fingerprint density at radius 3 is 3.09 bits per heavy atom. The molecule has 1 saturated carbocycles. The van der Waals surface area contributed by atoms with Crippen molar-refractivity contribution in [2.24, 2.45) is 0 Å². The molecular weight excluding hydrogens is 144 g/mol. The zero-order chi connectivity index (χ0) is 7.68. The van der Waals surface area contributed by atoms with E-state index in [1.165, 1.54) is 0 Å². The molecule has 0 bridgehead atoms. The molecule has 0 spiro atoms. The van der Waals surface area contributed by atoms with Crippen molar-refractivity contribution in [3.8, 4) is 0 Å². The second-order valence-electron chi connectivity index (χ2n) is 2.69. The fraction of sp³-hybridized carbons (Fsp3) is 0.571. The highest BCUT2D eigenvalue weighted by Gasteiger charge is 2.28. The van der Waals surface area contributed by atoms with Gasteiger partial charge in [-0.1, -0.05) is 5.16 Å². The van der Waals surface area contributed by atoms with Crippen LogP contribution in [0, 0.1) is 0 Å². The maximum absolute atomic E-state index is 10.0. The minimum Gasteiger partial charge on any atom is -0.339 e. The largest absolute Gasteiger partial charge is 0.339 e. The summed E-state index contributed by atoms with van der Waals surface area (Å²) in [5.74, 6) is 1.70. The van der Waals surface area contributed by atoms with Crippen molar-refractivity contribution in [1.29, 1.82) is 0 Å². The molecule has 1 heterocycles. The fourth-order valence-corrected chi connectivity index (χ4v) is 0.930. The molecular formula is C7H8N2O2. The number of carbonyl (C=O) groups excluding carboxylic acids is 1. The minimum absolute atomic E-state index is 0.236. The Kier molecular flexibility index (Phi) is 1.45. The minimum atomic E-state index is 0.236. The molecule has 0 unspecified atom stereocenters. The SMILES string of the molecule is O=CCc1nc(C2CC2)no1. The van der Waals surface area contributed by atoms with Gasteiger partial charge in [-0.3, -0.25) is 0 Å². The summed E-state index contributed by atoms with van der Waals surface area (Å²) >= 11 is 0. The summed E-state index contributed by atoms with van der Waals surface area (Å²) in [4.78, 5) is 14.1. The third kappa shape index (κ3) is 1.29. The highest BCUT2D eigenvalue weighted by Crippen LogP contribution is 2.37. The summed E-state index contributed by atoms with van der Waals surface area (Å²) in [6, 6.07) is 0. The van der Waals surface area contributed by atoms with Crippen molar-refractivity contribution in [2.45, 2.75) is 25.2 Å². The molecule has 0 aliphatic heterocycles. The Hall–Kier alpha value is -1.19. The maximum atomic E-state index is 10.0. The highest BCUT2D eigenvalue weighted by molar-refractivity contribution is 5.52. The lowest BCUT2D eigenvalue weighted by molar-refractivity contribution is -0.107. The lowest BCUT2D eigenvalue weighted by atomic mass is 10.4. The van der Waals surface area contributed by atoms with Crippen LogP contribution in [0.25, 0.3) is 0 Å². The van der Waals surface area contributed by atoms with Crippen LogP contribution in [0.3, 0.4) is 0 Å². The number of carbonyl (C=O) groups is 1. The number of hydrogen-bond donors (Lipinski definition) is 0. The molecule has 1 aromatic heterocycles. The number of rotatable bonds is 3. The van der Waals surface area contributed by atoms with Gasteiger partial charge in [-0.05, 0) is 12.8 Å². The first kappa shape index (κ1) is 6.52. The average Bonchev–Trinajstić information content (AvgIpc) is 2.75.